The first-order valence-electron chi connectivity index (χ1n) is 6.31. The minimum absolute atomic E-state index is 0.307. The third-order valence-electron chi connectivity index (χ3n) is 3.18. The molecule has 0 spiro atoms. The van der Waals surface area contributed by atoms with Crippen molar-refractivity contribution in [3.63, 3.8) is 0 Å². The highest BCUT2D eigenvalue weighted by atomic mass is 16.4. The average molecular weight is 276 g/mol. The fourth-order valence-electron chi connectivity index (χ4n) is 2.05. The molecular formula is C13H16N4O3. The molecule has 2 N–H and O–H groups in total. The molecule has 20 heavy (non-hydrogen) atoms. The van der Waals surface area contributed by atoms with E-state index in [4.69, 9.17) is 0 Å². The van der Waals surface area contributed by atoms with Crippen molar-refractivity contribution >= 4 is 17.4 Å². The number of carbonyl (C=O) groups is 2. The number of nitrogens with zero attached hydrogens (tertiary/aromatic N) is 3. The molecule has 0 saturated heterocycles. The van der Waals surface area contributed by atoms with Gasteiger partial charge in [-0.3, -0.25) is 9.78 Å². The number of hydrogen-bond acceptors (Lipinski definition) is 4. The number of amides is 1. The van der Waals surface area contributed by atoms with Crippen LogP contribution >= 0.6 is 0 Å². The number of rotatable bonds is 5. The number of hydrogen-bond donors (Lipinski definition) is 2. The van der Waals surface area contributed by atoms with E-state index >= 15 is 0 Å². The lowest BCUT2D eigenvalue weighted by atomic mass is 9.96. The Kier molecular flexibility index (Phi) is 3.69. The molecule has 2 heterocycles. The molecule has 0 aliphatic heterocycles. The van der Waals surface area contributed by atoms with Gasteiger partial charge in [-0.25, -0.2) is 9.31 Å². The minimum Gasteiger partial charge on any atom is -0.480 e. The highest BCUT2D eigenvalue weighted by Gasteiger charge is 2.34. The second-order valence-corrected chi connectivity index (χ2v) is 4.81. The fraction of sp³-hybridized carbons (Fsp3) is 0.385. The molecule has 7 heteroatoms. The second-order valence-electron chi connectivity index (χ2n) is 4.81. The zero-order chi connectivity index (χ0) is 14.8. The topological polar surface area (TPSA) is 96.6 Å². The lowest BCUT2D eigenvalue weighted by Gasteiger charge is -2.25. The molecule has 0 fully saturated rings. The number of aliphatic carboxylic acids is 1. The van der Waals surface area contributed by atoms with E-state index in [9.17, 15) is 14.7 Å². The maximum Gasteiger partial charge on any atom is 0.329 e. The van der Waals surface area contributed by atoms with Crippen LogP contribution in [0, 0.1) is 0 Å². The first kappa shape index (κ1) is 14.0. The van der Waals surface area contributed by atoms with Gasteiger partial charge in [0.05, 0.1) is 23.5 Å². The van der Waals surface area contributed by atoms with Crippen molar-refractivity contribution in [3.05, 3.63) is 30.4 Å². The zero-order valence-electron chi connectivity index (χ0n) is 11.3. The van der Waals surface area contributed by atoms with E-state index in [1.165, 1.54) is 23.8 Å². The molecule has 2 rings (SSSR count). The van der Waals surface area contributed by atoms with Gasteiger partial charge < -0.3 is 10.4 Å². The van der Waals surface area contributed by atoms with Crippen molar-refractivity contribution in [1.82, 2.24) is 19.9 Å². The first-order chi connectivity index (χ1) is 9.48. The summed E-state index contributed by atoms with van der Waals surface area (Å²) in [5.41, 5.74) is -0.446. The first-order valence-corrected chi connectivity index (χ1v) is 6.31. The van der Waals surface area contributed by atoms with Gasteiger partial charge in [0.15, 0.2) is 0 Å². The summed E-state index contributed by atoms with van der Waals surface area (Å²) < 4.78 is 1.51. The van der Waals surface area contributed by atoms with Crippen LogP contribution in [0.5, 0.6) is 0 Å². The van der Waals surface area contributed by atoms with Crippen molar-refractivity contribution < 1.29 is 14.7 Å². The lowest BCUT2D eigenvalue weighted by Crippen LogP contribution is -2.52. The molecule has 1 amide bonds. The van der Waals surface area contributed by atoms with Crippen molar-refractivity contribution in [3.8, 4) is 0 Å². The van der Waals surface area contributed by atoms with E-state index < -0.39 is 17.4 Å². The highest BCUT2D eigenvalue weighted by Crippen LogP contribution is 2.15. The number of aromatic nitrogens is 3. The second kappa shape index (κ2) is 5.28. The zero-order valence-corrected chi connectivity index (χ0v) is 11.3. The predicted molar refractivity (Wildman–Crippen MR) is 71.4 cm³/mol. The van der Waals surface area contributed by atoms with Crippen molar-refractivity contribution in [2.45, 2.75) is 32.2 Å². The number of carbonyl (C=O) groups excluding carboxylic acids is 1. The van der Waals surface area contributed by atoms with Crippen molar-refractivity contribution in [2.75, 3.05) is 0 Å². The largest absolute Gasteiger partial charge is 0.480 e. The normalized spacial score (nSPS) is 13.9. The SMILES string of the molecule is CCCC(C)(NC(=O)c1cnn2ccncc12)C(=O)O. The Balaban J connectivity index is 2.29. The maximum absolute atomic E-state index is 12.3. The minimum atomic E-state index is -1.29. The monoisotopic (exact) mass is 276 g/mol. The predicted octanol–water partition coefficient (Wildman–Crippen LogP) is 1.10. The number of fused-ring (bicyclic) bond motifs is 1. The molecule has 0 aliphatic rings. The molecule has 0 aromatic carbocycles. The van der Waals surface area contributed by atoms with Crippen LogP contribution in [0.1, 0.15) is 37.0 Å². The van der Waals surface area contributed by atoms with Crippen LogP contribution in [-0.4, -0.2) is 37.1 Å². The third-order valence-corrected chi connectivity index (χ3v) is 3.18. The van der Waals surface area contributed by atoms with Crippen LogP contribution in [0.2, 0.25) is 0 Å². The summed E-state index contributed by atoms with van der Waals surface area (Å²) in [4.78, 5) is 27.5. The van der Waals surface area contributed by atoms with E-state index in [2.05, 4.69) is 15.4 Å². The van der Waals surface area contributed by atoms with Gasteiger partial charge in [0.25, 0.3) is 5.91 Å². The lowest BCUT2D eigenvalue weighted by molar-refractivity contribution is -0.144. The van der Waals surface area contributed by atoms with Gasteiger partial charge >= 0.3 is 5.97 Å². The molecule has 0 bridgehead atoms. The van der Waals surface area contributed by atoms with Crippen LogP contribution in [-0.2, 0) is 4.79 Å². The Morgan fingerprint density at radius 1 is 1.45 bits per heavy atom. The molecule has 0 saturated carbocycles. The van der Waals surface area contributed by atoms with Gasteiger partial charge in [-0.15, -0.1) is 0 Å². The van der Waals surface area contributed by atoms with E-state index in [0.29, 0.717) is 23.9 Å². The van der Waals surface area contributed by atoms with Gasteiger partial charge in [0.2, 0.25) is 0 Å². The van der Waals surface area contributed by atoms with E-state index in [1.54, 1.807) is 12.4 Å². The van der Waals surface area contributed by atoms with E-state index in [0.717, 1.165) is 0 Å². The highest BCUT2D eigenvalue weighted by molar-refractivity contribution is 6.02. The molecule has 0 radical (unpaired) electrons. The molecule has 2 aromatic rings. The standard InChI is InChI=1S/C13H16N4O3/c1-3-4-13(2,12(19)20)16-11(18)9-7-15-17-6-5-14-8-10(9)17/h5-8H,3-4H2,1-2H3,(H,16,18)(H,19,20). The number of carboxylic acids is 1. The number of carboxylic acid groups (broad SMARTS) is 1. The molecule has 7 nitrogen and oxygen atoms in total. The average Bonchev–Trinajstić information content (AvgIpc) is 2.82. The smallest absolute Gasteiger partial charge is 0.329 e. The Morgan fingerprint density at radius 3 is 2.85 bits per heavy atom. The molecule has 1 atom stereocenters. The Labute approximate surface area is 115 Å². The maximum atomic E-state index is 12.3. The molecule has 106 valence electrons. The quantitative estimate of drug-likeness (QED) is 0.852. The number of nitrogens with one attached hydrogen (secondary N) is 1. The summed E-state index contributed by atoms with van der Waals surface area (Å²) in [6.45, 7) is 3.37. The third kappa shape index (κ3) is 2.47. The fourth-order valence-corrected chi connectivity index (χ4v) is 2.05. The van der Waals surface area contributed by atoms with Gasteiger partial charge in [-0.05, 0) is 13.3 Å². The summed E-state index contributed by atoms with van der Waals surface area (Å²) in [5.74, 6) is -1.52. The van der Waals surface area contributed by atoms with Gasteiger partial charge in [0.1, 0.15) is 5.54 Å². The Hall–Kier alpha value is -2.44. The summed E-state index contributed by atoms with van der Waals surface area (Å²) in [6, 6.07) is 0. The van der Waals surface area contributed by atoms with Crippen LogP contribution in [0.3, 0.4) is 0 Å². The summed E-state index contributed by atoms with van der Waals surface area (Å²) >= 11 is 0. The molecule has 0 aliphatic carbocycles. The summed E-state index contributed by atoms with van der Waals surface area (Å²) in [5, 5.41) is 15.9. The van der Waals surface area contributed by atoms with Gasteiger partial charge in [0, 0.05) is 12.4 Å². The molecule has 1 unspecified atom stereocenters. The summed E-state index contributed by atoms with van der Waals surface area (Å²) in [6.07, 6.45) is 7.10. The van der Waals surface area contributed by atoms with Crippen LogP contribution in [0.4, 0.5) is 0 Å². The van der Waals surface area contributed by atoms with Gasteiger partial charge in [-0.2, -0.15) is 5.10 Å². The van der Waals surface area contributed by atoms with Crippen molar-refractivity contribution in [1.29, 1.82) is 0 Å². The van der Waals surface area contributed by atoms with E-state index in [1.807, 2.05) is 6.92 Å². The van der Waals surface area contributed by atoms with Crippen LogP contribution in [0.25, 0.3) is 5.52 Å². The Bertz CT molecular complexity index is 652. The van der Waals surface area contributed by atoms with E-state index in [-0.39, 0.29) is 0 Å². The van der Waals surface area contributed by atoms with Crippen molar-refractivity contribution in [2.24, 2.45) is 0 Å². The summed E-state index contributed by atoms with van der Waals surface area (Å²) in [7, 11) is 0. The molecular weight excluding hydrogens is 260 g/mol. The van der Waals surface area contributed by atoms with Gasteiger partial charge in [-0.1, -0.05) is 13.3 Å². The molecule has 2 aromatic heterocycles. The Morgan fingerprint density at radius 2 is 2.20 bits per heavy atom. The van der Waals surface area contributed by atoms with Crippen LogP contribution in [0.15, 0.2) is 24.8 Å². The van der Waals surface area contributed by atoms with Crippen LogP contribution < -0.4 is 5.32 Å².